The average molecular weight is 517 g/mol. The fourth-order valence-corrected chi connectivity index (χ4v) is 5.12. The summed E-state index contributed by atoms with van der Waals surface area (Å²) in [6.45, 7) is 6.78. The molecule has 1 atom stereocenters. The van der Waals surface area contributed by atoms with Gasteiger partial charge in [0.2, 0.25) is 0 Å². The molecule has 2 heterocycles. The lowest BCUT2D eigenvalue weighted by Crippen LogP contribution is -2.23. The van der Waals surface area contributed by atoms with Crippen molar-refractivity contribution in [1.82, 2.24) is 9.55 Å². The second-order valence-electron chi connectivity index (χ2n) is 10.3. The first-order valence-corrected chi connectivity index (χ1v) is 13.3. The van der Waals surface area contributed by atoms with Crippen molar-refractivity contribution in [2.24, 2.45) is 11.7 Å². The highest BCUT2D eigenvalue weighted by Gasteiger charge is 2.29. The Kier molecular flexibility index (Phi) is 7.44. The normalized spacial score (nSPS) is 12.1. The van der Waals surface area contributed by atoms with Gasteiger partial charge in [-0.3, -0.25) is 4.79 Å². The summed E-state index contributed by atoms with van der Waals surface area (Å²) in [5.74, 6) is 1.45. The molecule has 5 aromatic rings. The minimum Gasteiger partial charge on any atom is -0.458 e. The number of rotatable bonds is 8. The Labute approximate surface area is 228 Å². The van der Waals surface area contributed by atoms with Gasteiger partial charge < -0.3 is 14.7 Å². The first kappa shape index (κ1) is 26.1. The fraction of sp³-hybridized carbons (Fsp3) is 0.242. The van der Waals surface area contributed by atoms with Crippen LogP contribution in [0.2, 0.25) is 0 Å². The highest BCUT2D eigenvalue weighted by molar-refractivity contribution is 5.79. The van der Waals surface area contributed by atoms with Gasteiger partial charge in [0.1, 0.15) is 17.2 Å². The molecule has 0 aliphatic carbocycles. The number of hydrogen-bond acceptors (Lipinski definition) is 5. The number of nitrogens with zero attached hydrogens (tertiary/aromatic N) is 3. The zero-order valence-corrected chi connectivity index (χ0v) is 22.5. The van der Waals surface area contributed by atoms with Crippen LogP contribution in [-0.4, -0.2) is 16.1 Å². The Balaban J connectivity index is 1.79. The molecule has 6 heteroatoms. The van der Waals surface area contributed by atoms with E-state index in [1.54, 1.807) is 18.2 Å². The third kappa shape index (κ3) is 5.27. The lowest BCUT2D eigenvalue weighted by Gasteiger charge is -2.26. The minimum absolute atomic E-state index is 0.0587. The lowest BCUT2D eigenvalue weighted by atomic mass is 9.93. The Morgan fingerprint density at radius 3 is 2.46 bits per heavy atom. The Morgan fingerprint density at radius 2 is 1.79 bits per heavy atom. The van der Waals surface area contributed by atoms with Crippen molar-refractivity contribution >= 4 is 11.0 Å². The molecule has 39 heavy (non-hydrogen) atoms. The Hall–Kier alpha value is -4.47. The summed E-state index contributed by atoms with van der Waals surface area (Å²) in [5.41, 5.74) is 11.4. The van der Waals surface area contributed by atoms with E-state index >= 15 is 0 Å². The molecular weight excluding hydrogens is 484 g/mol. The van der Waals surface area contributed by atoms with Crippen LogP contribution in [0.3, 0.4) is 0 Å². The van der Waals surface area contributed by atoms with Gasteiger partial charge in [-0.15, -0.1) is 0 Å². The fourth-order valence-electron chi connectivity index (χ4n) is 5.12. The van der Waals surface area contributed by atoms with Gasteiger partial charge in [-0.2, -0.15) is 5.26 Å². The summed E-state index contributed by atoms with van der Waals surface area (Å²) in [7, 11) is 0. The highest BCUT2D eigenvalue weighted by Crippen LogP contribution is 2.35. The van der Waals surface area contributed by atoms with Crippen molar-refractivity contribution in [3.63, 3.8) is 0 Å². The van der Waals surface area contributed by atoms with Crippen LogP contribution in [-0.2, 0) is 12.8 Å². The van der Waals surface area contributed by atoms with E-state index < -0.39 is 0 Å². The van der Waals surface area contributed by atoms with Gasteiger partial charge in [-0.25, -0.2) is 4.98 Å². The second kappa shape index (κ2) is 11.1. The van der Waals surface area contributed by atoms with Crippen LogP contribution in [0.1, 0.15) is 53.6 Å². The van der Waals surface area contributed by atoms with Gasteiger partial charge in [-0.1, -0.05) is 74.0 Å². The van der Waals surface area contributed by atoms with Gasteiger partial charge in [0.25, 0.3) is 0 Å². The lowest BCUT2D eigenvalue weighted by molar-refractivity contribution is 0.359. The molecular formula is C33H32N4O2. The summed E-state index contributed by atoms with van der Waals surface area (Å²) >= 11 is 0. The van der Waals surface area contributed by atoms with Crippen LogP contribution in [0.25, 0.3) is 22.4 Å². The Bertz CT molecular complexity index is 1710. The number of aryl methyl sites for hydroxylation is 1. The van der Waals surface area contributed by atoms with Crippen molar-refractivity contribution in [3.05, 3.63) is 123 Å². The van der Waals surface area contributed by atoms with Crippen LogP contribution in [0.5, 0.6) is 0 Å². The van der Waals surface area contributed by atoms with Gasteiger partial charge in [0.05, 0.1) is 28.8 Å². The van der Waals surface area contributed by atoms with Crippen molar-refractivity contribution in [3.8, 4) is 17.5 Å². The van der Waals surface area contributed by atoms with E-state index in [-0.39, 0.29) is 17.4 Å². The number of imidazole rings is 1. The van der Waals surface area contributed by atoms with Crippen molar-refractivity contribution in [2.45, 2.75) is 39.7 Å². The maximum absolute atomic E-state index is 14.0. The third-order valence-corrected chi connectivity index (χ3v) is 7.06. The molecule has 0 spiro atoms. The molecule has 0 radical (unpaired) electrons. The highest BCUT2D eigenvalue weighted by atomic mass is 16.3. The molecule has 0 saturated heterocycles. The predicted molar refractivity (Wildman–Crippen MR) is 155 cm³/mol. The first-order chi connectivity index (χ1) is 18.9. The van der Waals surface area contributed by atoms with Crippen LogP contribution < -0.4 is 11.2 Å². The van der Waals surface area contributed by atoms with E-state index in [4.69, 9.17) is 15.1 Å². The molecule has 196 valence electrons. The summed E-state index contributed by atoms with van der Waals surface area (Å²) in [6.07, 6.45) is 3.11. The molecule has 2 aromatic heterocycles. The maximum Gasteiger partial charge on any atom is 0.196 e. The molecule has 0 fully saturated rings. The summed E-state index contributed by atoms with van der Waals surface area (Å²) in [5, 5.41) is 9.98. The third-order valence-electron chi connectivity index (χ3n) is 7.06. The molecule has 0 aliphatic heterocycles. The number of nitriles is 1. The molecule has 2 N–H and O–H groups in total. The van der Waals surface area contributed by atoms with Crippen LogP contribution in [0.4, 0.5) is 0 Å². The topological polar surface area (TPSA) is 97.8 Å². The van der Waals surface area contributed by atoms with E-state index in [9.17, 15) is 10.1 Å². The van der Waals surface area contributed by atoms with Crippen LogP contribution in [0.15, 0.2) is 88.2 Å². The van der Waals surface area contributed by atoms with Crippen LogP contribution >= 0.6 is 0 Å². The van der Waals surface area contributed by atoms with Gasteiger partial charge in [0.15, 0.2) is 5.43 Å². The second-order valence-corrected chi connectivity index (χ2v) is 10.3. The van der Waals surface area contributed by atoms with Gasteiger partial charge >= 0.3 is 0 Å². The van der Waals surface area contributed by atoms with Crippen molar-refractivity contribution < 1.29 is 4.42 Å². The molecule has 0 amide bonds. The van der Waals surface area contributed by atoms with Gasteiger partial charge in [0, 0.05) is 30.2 Å². The summed E-state index contributed by atoms with van der Waals surface area (Å²) < 4.78 is 8.75. The standard InChI is InChI=1S/C33H32N4O2/c1-21(2)30(37-20-26(15-16-34)36-33(37)25-12-9-22(3)10-13-25)32-28(17-23-7-5-4-6-8-23)31(38)27-14-11-24(19-35)18-29(27)39-32/h4-14,18,20-21,30H,15-17,34H2,1-3H3. The first-order valence-electron chi connectivity index (χ1n) is 13.3. The molecule has 0 aliphatic rings. The molecule has 0 saturated carbocycles. The minimum atomic E-state index is -0.318. The maximum atomic E-state index is 14.0. The number of aromatic nitrogens is 2. The monoisotopic (exact) mass is 516 g/mol. The smallest absolute Gasteiger partial charge is 0.196 e. The number of fused-ring (bicyclic) bond motifs is 1. The van der Waals surface area contributed by atoms with Crippen molar-refractivity contribution in [2.75, 3.05) is 6.54 Å². The average Bonchev–Trinajstić information content (AvgIpc) is 3.34. The van der Waals surface area contributed by atoms with E-state index in [1.165, 1.54) is 5.56 Å². The summed E-state index contributed by atoms with van der Waals surface area (Å²) in [4.78, 5) is 19.0. The molecule has 3 aromatic carbocycles. The molecule has 5 rings (SSSR count). The molecule has 1 unspecified atom stereocenters. The zero-order chi connectivity index (χ0) is 27.5. The predicted octanol–water partition coefficient (Wildman–Crippen LogP) is 6.17. The molecule has 0 bridgehead atoms. The number of nitrogens with two attached hydrogens (primary N) is 1. The molecule has 6 nitrogen and oxygen atoms in total. The number of hydrogen-bond donors (Lipinski definition) is 1. The Morgan fingerprint density at radius 1 is 1.05 bits per heavy atom. The van der Waals surface area contributed by atoms with Crippen LogP contribution in [0, 0.1) is 24.2 Å². The van der Waals surface area contributed by atoms with Crippen molar-refractivity contribution in [1.29, 1.82) is 5.26 Å². The van der Waals surface area contributed by atoms with E-state index in [2.05, 4.69) is 55.7 Å². The van der Waals surface area contributed by atoms with E-state index in [0.29, 0.717) is 47.2 Å². The quantitative estimate of drug-likeness (QED) is 0.266. The van der Waals surface area contributed by atoms with E-state index in [0.717, 1.165) is 22.6 Å². The van der Waals surface area contributed by atoms with Gasteiger partial charge in [-0.05, 0) is 43.1 Å². The zero-order valence-electron chi connectivity index (χ0n) is 22.5. The van der Waals surface area contributed by atoms with E-state index in [1.807, 2.05) is 36.5 Å². The number of benzene rings is 3. The SMILES string of the molecule is Cc1ccc(-c2nc(CCN)cn2C(c2oc3cc(C#N)ccc3c(=O)c2Cc2ccccc2)C(C)C)cc1. The largest absolute Gasteiger partial charge is 0.458 e. The summed E-state index contributed by atoms with van der Waals surface area (Å²) in [6, 6.07) is 25.1.